The molecule has 0 N–H and O–H groups in total. The lowest BCUT2D eigenvalue weighted by molar-refractivity contribution is 0.660. The number of hydrogen-bond donors (Lipinski definition) is 0. The highest BCUT2D eigenvalue weighted by Gasteiger charge is 2.35. The number of hydrogen-bond acceptors (Lipinski definition) is 1. The third-order valence-electron chi connectivity index (χ3n) is 12.9. The molecule has 1 heteroatoms. The zero-order valence-corrected chi connectivity index (χ0v) is 35.0. The maximum atomic E-state index is 2.46. The van der Waals surface area contributed by atoms with E-state index in [1.165, 1.54) is 88.7 Å². The highest BCUT2D eigenvalue weighted by atomic mass is 15.1. The first-order valence-corrected chi connectivity index (χ1v) is 21.6. The summed E-state index contributed by atoms with van der Waals surface area (Å²) in [5, 5.41) is 2.47. The third kappa shape index (κ3) is 6.51. The third-order valence-corrected chi connectivity index (χ3v) is 12.9. The molecule has 0 fully saturated rings. The first-order valence-electron chi connectivity index (χ1n) is 21.6. The molecular weight excluding hydrogens is 747 g/mol. The number of benzene rings is 10. The van der Waals surface area contributed by atoms with E-state index in [0.717, 1.165) is 17.1 Å². The normalized spacial score (nSPS) is 12.5. The van der Waals surface area contributed by atoms with Crippen molar-refractivity contribution >= 4 is 27.8 Å². The molecule has 294 valence electrons. The lowest BCUT2D eigenvalue weighted by Gasteiger charge is -2.30. The molecule has 0 bridgehead atoms. The van der Waals surface area contributed by atoms with Gasteiger partial charge in [0.1, 0.15) is 0 Å². The Hall–Kier alpha value is -7.74. The Morgan fingerprint density at radius 1 is 0.290 bits per heavy atom. The van der Waals surface area contributed by atoms with Gasteiger partial charge in [-0.2, -0.15) is 0 Å². The second-order valence-corrected chi connectivity index (χ2v) is 16.9. The summed E-state index contributed by atoms with van der Waals surface area (Å²) in [5.41, 5.74) is 20.6. The molecule has 0 aliphatic heterocycles. The fourth-order valence-corrected chi connectivity index (χ4v) is 9.76. The molecule has 0 saturated heterocycles. The fraction of sp³-hybridized carbons (Fsp3) is 0.0492. The zero-order valence-electron chi connectivity index (χ0n) is 35.0. The summed E-state index contributed by atoms with van der Waals surface area (Å²) >= 11 is 0. The van der Waals surface area contributed by atoms with Gasteiger partial charge >= 0.3 is 0 Å². The second-order valence-electron chi connectivity index (χ2n) is 16.9. The summed E-state index contributed by atoms with van der Waals surface area (Å²) in [7, 11) is 0. The summed E-state index contributed by atoms with van der Waals surface area (Å²) in [6.07, 6.45) is 0. The first kappa shape index (κ1) is 37.3. The van der Waals surface area contributed by atoms with Gasteiger partial charge < -0.3 is 4.90 Å². The molecule has 1 nitrogen and oxygen atoms in total. The summed E-state index contributed by atoms with van der Waals surface area (Å²) in [6.45, 7) is 4.68. The minimum atomic E-state index is -0.0265. The van der Waals surface area contributed by atoms with E-state index in [9.17, 15) is 0 Å². The van der Waals surface area contributed by atoms with Crippen LogP contribution in [0.1, 0.15) is 25.0 Å². The van der Waals surface area contributed by atoms with Gasteiger partial charge in [-0.05, 0) is 126 Å². The van der Waals surface area contributed by atoms with Crippen LogP contribution in [0.4, 0.5) is 17.1 Å². The van der Waals surface area contributed by atoms with Gasteiger partial charge in [0.15, 0.2) is 0 Å². The molecular formula is C61H45N. The molecule has 0 atom stereocenters. The van der Waals surface area contributed by atoms with Gasteiger partial charge in [-0.15, -0.1) is 0 Å². The van der Waals surface area contributed by atoms with Crippen LogP contribution in [-0.4, -0.2) is 0 Å². The van der Waals surface area contributed by atoms with Crippen molar-refractivity contribution in [2.75, 3.05) is 4.90 Å². The smallest absolute Gasteiger partial charge is 0.0546 e. The summed E-state index contributed by atoms with van der Waals surface area (Å²) in [5.74, 6) is 0. The lowest BCUT2D eigenvalue weighted by Crippen LogP contribution is -2.14. The van der Waals surface area contributed by atoms with Crippen molar-refractivity contribution in [2.45, 2.75) is 19.3 Å². The van der Waals surface area contributed by atoms with Gasteiger partial charge in [-0.25, -0.2) is 0 Å². The lowest BCUT2D eigenvalue weighted by atomic mass is 9.82. The van der Waals surface area contributed by atoms with Gasteiger partial charge in [-0.3, -0.25) is 0 Å². The van der Waals surface area contributed by atoms with Crippen molar-refractivity contribution in [3.05, 3.63) is 248 Å². The summed E-state index contributed by atoms with van der Waals surface area (Å²) < 4.78 is 0. The number of anilines is 3. The van der Waals surface area contributed by atoms with Gasteiger partial charge in [0.2, 0.25) is 0 Å². The Morgan fingerprint density at radius 2 is 0.823 bits per heavy atom. The van der Waals surface area contributed by atoms with Crippen LogP contribution in [0.15, 0.2) is 237 Å². The number of nitrogens with zero attached hydrogens (tertiary/aromatic N) is 1. The molecule has 0 unspecified atom stereocenters. The van der Waals surface area contributed by atoms with Crippen molar-refractivity contribution in [3.8, 4) is 66.8 Å². The van der Waals surface area contributed by atoms with Crippen LogP contribution >= 0.6 is 0 Å². The first-order chi connectivity index (χ1) is 30.5. The Balaban J connectivity index is 1.11. The SMILES string of the molecule is CC1(C)c2ccccc2-c2cc(-c3ccc(N(c4cccc(-c5ccc6ccccc6c5)c4)c4cccc(-c5ccccc5)c4-c4ccccc4-c4ccccc4)cc3)ccc21. The van der Waals surface area contributed by atoms with Crippen LogP contribution in [-0.2, 0) is 5.41 Å². The van der Waals surface area contributed by atoms with E-state index in [0.29, 0.717) is 0 Å². The Labute approximate surface area is 364 Å². The fourth-order valence-electron chi connectivity index (χ4n) is 9.76. The minimum Gasteiger partial charge on any atom is -0.310 e. The second kappa shape index (κ2) is 15.4. The molecule has 0 saturated carbocycles. The van der Waals surface area contributed by atoms with Crippen LogP contribution in [0.5, 0.6) is 0 Å². The van der Waals surface area contributed by atoms with Crippen molar-refractivity contribution in [1.29, 1.82) is 0 Å². The maximum Gasteiger partial charge on any atom is 0.0546 e. The highest BCUT2D eigenvalue weighted by molar-refractivity contribution is 6.01. The summed E-state index contributed by atoms with van der Waals surface area (Å²) in [4.78, 5) is 2.46. The van der Waals surface area contributed by atoms with Crippen LogP contribution in [0.2, 0.25) is 0 Å². The zero-order chi connectivity index (χ0) is 41.6. The molecule has 0 spiro atoms. The van der Waals surface area contributed by atoms with Crippen LogP contribution in [0.3, 0.4) is 0 Å². The van der Waals surface area contributed by atoms with Crippen LogP contribution < -0.4 is 4.90 Å². The predicted octanol–water partition coefficient (Wildman–Crippen LogP) is 17.0. The number of rotatable bonds is 8. The van der Waals surface area contributed by atoms with E-state index in [2.05, 4.69) is 255 Å². The molecule has 62 heavy (non-hydrogen) atoms. The molecule has 1 aliphatic carbocycles. The standard InChI is InChI=1S/C61H45N/c1-61(2)57-29-14-13-26-54(57)56-41-49(35-38-58(56)61)43-33-36-50(37-34-43)62(51-24-15-23-47(40-51)48-32-31-42-17-9-10-22-46(42)39-48)59-30-16-28-53(45-20-7-4-8-21-45)60(59)55-27-12-11-25-52(55)44-18-5-3-6-19-44/h3-41H,1-2H3. The molecule has 0 heterocycles. The Kier molecular flexibility index (Phi) is 9.24. The van der Waals surface area contributed by atoms with Gasteiger partial charge in [-0.1, -0.05) is 208 Å². The quantitative estimate of drug-likeness (QED) is 0.148. The van der Waals surface area contributed by atoms with Crippen LogP contribution in [0.25, 0.3) is 77.5 Å². The molecule has 11 rings (SSSR count). The highest BCUT2D eigenvalue weighted by Crippen LogP contribution is 2.51. The molecule has 1 aliphatic rings. The van der Waals surface area contributed by atoms with Crippen LogP contribution in [0, 0.1) is 0 Å². The topological polar surface area (TPSA) is 3.24 Å². The maximum absolute atomic E-state index is 2.46. The van der Waals surface area contributed by atoms with E-state index in [1.807, 2.05) is 0 Å². The van der Waals surface area contributed by atoms with E-state index in [1.54, 1.807) is 0 Å². The molecule has 0 radical (unpaired) electrons. The molecule has 10 aromatic rings. The van der Waals surface area contributed by atoms with Gasteiger partial charge in [0, 0.05) is 22.4 Å². The Morgan fingerprint density at radius 3 is 1.60 bits per heavy atom. The van der Waals surface area contributed by atoms with Crippen molar-refractivity contribution < 1.29 is 0 Å². The van der Waals surface area contributed by atoms with E-state index in [-0.39, 0.29) is 5.41 Å². The van der Waals surface area contributed by atoms with E-state index in [4.69, 9.17) is 0 Å². The minimum absolute atomic E-state index is 0.0265. The Bertz CT molecular complexity index is 3250. The van der Waals surface area contributed by atoms with Crippen molar-refractivity contribution in [2.24, 2.45) is 0 Å². The average Bonchev–Trinajstić information content (AvgIpc) is 3.57. The van der Waals surface area contributed by atoms with Gasteiger partial charge in [0.25, 0.3) is 0 Å². The van der Waals surface area contributed by atoms with E-state index < -0.39 is 0 Å². The molecule has 0 aromatic heterocycles. The molecule has 10 aromatic carbocycles. The summed E-state index contributed by atoms with van der Waals surface area (Å²) in [6, 6.07) is 86.7. The van der Waals surface area contributed by atoms with Crippen molar-refractivity contribution in [3.63, 3.8) is 0 Å². The van der Waals surface area contributed by atoms with Crippen molar-refractivity contribution in [1.82, 2.24) is 0 Å². The van der Waals surface area contributed by atoms with Gasteiger partial charge in [0.05, 0.1) is 5.69 Å². The monoisotopic (exact) mass is 791 g/mol. The average molecular weight is 792 g/mol. The van der Waals surface area contributed by atoms with E-state index >= 15 is 0 Å². The molecule has 0 amide bonds. The largest absolute Gasteiger partial charge is 0.310 e. The predicted molar refractivity (Wildman–Crippen MR) is 263 cm³/mol. The number of fused-ring (bicyclic) bond motifs is 4.